The second kappa shape index (κ2) is 5.85. The first kappa shape index (κ1) is 13.6. The van der Waals surface area contributed by atoms with Crippen LogP contribution in [0, 0.1) is 19.8 Å². The molecule has 1 fully saturated rings. The Morgan fingerprint density at radius 2 is 2.28 bits per heavy atom. The Labute approximate surface area is 110 Å². The highest BCUT2D eigenvalue weighted by Gasteiger charge is 2.29. The molecule has 0 aliphatic carbocycles. The molecular formula is C14H25N3O. The monoisotopic (exact) mass is 251 g/mol. The quantitative estimate of drug-likeness (QED) is 0.891. The standard InChI is InChI=1S/C14H25N3O/c1-5-15-14(12-7-6-8-18-9-12)13-10(2)16-17(4)11(13)3/h12,14-15H,5-9H2,1-4H3. The molecule has 1 aliphatic rings. The van der Waals surface area contributed by atoms with E-state index in [0.29, 0.717) is 12.0 Å². The Bertz CT molecular complexity index is 394. The van der Waals surface area contributed by atoms with Crippen molar-refractivity contribution in [1.82, 2.24) is 15.1 Å². The van der Waals surface area contributed by atoms with Gasteiger partial charge in [-0.3, -0.25) is 4.68 Å². The molecule has 1 N–H and O–H groups in total. The fraction of sp³-hybridized carbons (Fsp3) is 0.786. The molecule has 0 aromatic carbocycles. The van der Waals surface area contributed by atoms with Crippen LogP contribution in [0.25, 0.3) is 0 Å². The lowest BCUT2D eigenvalue weighted by atomic mass is 9.87. The Kier molecular flexibility index (Phi) is 4.40. The van der Waals surface area contributed by atoms with Crippen molar-refractivity contribution in [2.24, 2.45) is 13.0 Å². The van der Waals surface area contributed by atoms with Gasteiger partial charge in [-0.1, -0.05) is 6.92 Å². The first-order chi connectivity index (χ1) is 8.65. The Morgan fingerprint density at radius 3 is 2.78 bits per heavy atom. The van der Waals surface area contributed by atoms with Crippen molar-refractivity contribution in [1.29, 1.82) is 0 Å². The van der Waals surface area contributed by atoms with Gasteiger partial charge in [0, 0.05) is 36.9 Å². The van der Waals surface area contributed by atoms with Gasteiger partial charge in [0.25, 0.3) is 0 Å². The van der Waals surface area contributed by atoms with Gasteiger partial charge in [0.15, 0.2) is 0 Å². The van der Waals surface area contributed by atoms with Crippen molar-refractivity contribution in [3.05, 3.63) is 17.0 Å². The van der Waals surface area contributed by atoms with Gasteiger partial charge in [0.2, 0.25) is 0 Å². The summed E-state index contributed by atoms with van der Waals surface area (Å²) in [6.07, 6.45) is 2.41. The first-order valence-corrected chi connectivity index (χ1v) is 6.96. The molecule has 0 saturated carbocycles. The predicted octanol–water partition coefficient (Wildman–Crippen LogP) is 2.11. The van der Waals surface area contributed by atoms with Crippen molar-refractivity contribution in [2.45, 2.75) is 39.7 Å². The molecular weight excluding hydrogens is 226 g/mol. The zero-order valence-electron chi connectivity index (χ0n) is 12.0. The second-order valence-corrected chi connectivity index (χ2v) is 5.22. The van der Waals surface area contributed by atoms with Crippen molar-refractivity contribution >= 4 is 0 Å². The molecule has 4 nitrogen and oxygen atoms in total. The van der Waals surface area contributed by atoms with Crippen LogP contribution in [0.2, 0.25) is 0 Å². The molecule has 0 bridgehead atoms. The third kappa shape index (κ3) is 2.59. The summed E-state index contributed by atoms with van der Waals surface area (Å²) < 4.78 is 7.64. The molecule has 1 aliphatic heterocycles. The van der Waals surface area contributed by atoms with E-state index in [9.17, 15) is 0 Å². The molecule has 0 amide bonds. The van der Waals surface area contributed by atoms with E-state index in [-0.39, 0.29) is 0 Å². The minimum atomic E-state index is 0.379. The molecule has 0 radical (unpaired) electrons. The molecule has 1 aromatic rings. The minimum Gasteiger partial charge on any atom is -0.381 e. The van der Waals surface area contributed by atoms with E-state index in [1.807, 2.05) is 11.7 Å². The highest BCUT2D eigenvalue weighted by molar-refractivity contribution is 5.29. The largest absolute Gasteiger partial charge is 0.381 e. The maximum atomic E-state index is 5.65. The Hall–Kier alpha value is -0.870. The van der Waals surface area contributed by atoms with E-state index in [1.165, 1.54) is 24.1 Å². The number of rotatable bonds is 4. The average Bonchev–Trinajstić information content (AvgIpc) is 2.62. The fourth-order valence-electron chi connectivity index (χ4n) is 2.99. The van der Waals surface area contributed by atoms with Gasteiger partial charge in [-0.05, 0) is 33.2 Å². The average molecular weight is 251 g/mol. The summed E-state index contributed by atoms with van der Waals surface area (Å²) >= 11 is 0. The number of hydrogen-bond acceptors (Lipinski definition) is 3. The zero-order valence-corrected chi connectivity index (χ0v) is 12.0. The number of nitrogens with zero attached hydrogens (tertiary/aromatic N) is 2. The molecule has 2 rings (SSSR count). The Balaban J connectivity index is 2.28. The van der Waals surface area contributed by atoms with Crippen LogP contribution in [-0.2, 0) is 11.8 Å². The van der Waals surface area contributed by atoms with Gasteiger partial charge in [-0.25, -0.2) is 0 Å². The van der Waals surface area contributed by atoms with E-state index in [4.69, 9.17) is 4.74 Å². The lowest BCUT2D eigenvalue weighted by Gasteiger charge is -2.31. The first-order valence-electron chi connectivity index (χ1n) is 6.96. The Morgan fingerprint density at radius 1 is 1.50 bits per heavy atom. The van der Waals surface area contributed by atoms with Crippen LogP contribution in [0.1, 0.15) is 42.8 Å². The maximum absolute atomic E-state index is 5.65. The fourth-order valence-corrected chi connectivity index (χ4v) is 2.99. The van der Waals surface area contributed by atoms with Gasteiger partial charge in [-0.2, -0.15) is 5.10 Å². The summed E-state index contributed by atoms with van der Waals surface area (Å²) in [6, 6.07) is 0.379. The number of nitrogens with one attached hydrogen (secondary N) is 1. The van der Waals surface area contributed by atoms with Gasteiger partial charge < -0.3 is 10.1 Å². The molecule has 18 heavy (non-hydrogen) atoms. The van der Waals surface area contributed by atoms with Crippen LogP contribution in [0.4, 0.5) is 0 Å². The normalized spacial score (nSPS) is 22.1. The molecule has 2 unspecified atom stereocenters. The summed E-state index contributed by atoms with van der Waals surface area (Å²) in [6.45, 7) is 9.19. The molecule has 2 atom stereocenters. The minimum absolute atomic E-state index is 0.379. The van der Waals surface area contributed by atoms with Gasteiger partial charge >= 0.3 is 0 Å². The third-order valence-corrected chi connectivity index (χ3v) is 3.97. The van der Waals surface area contributed by atoms with Crippen molar-refractivity contribution in [2.75, 3.05) is 19.8 Å². The van der Waals surface area contributed by atoms with Crippen molar-refractivity contribution in [3.8, 4) is 0 Å². The predicted molar refractivity (Wildman–Crippen MR) is 72.6 cm³/mol. The van der Waals surface area contributed by atoms with Crippen LogP contribution in [0.15, 0.2) is 0 Å². The molecule has 2 heterocycles. The van der Waals surface area contributed by atoms with Crippen LogP contribution in [0.5, 0.6) is 0 Å². The number of ether oxygens (including phenoxy) is 1. The van der Waals surface area contributed by atoms with Gasteiger partial charge in [-0.15, -0.1) is 0 Å². The summed E-state index contributed by atoms with van der Waals surface area (Å²) in [7, 11) is 2.02. The lowest BCUT2D eigenvalue weighted by molar-refractivity contribution is 0.0391. The van der Waals surface area contributed by atoms with Crippen LogP contribution in [0.3, 0.4) is 0 Å². The van der Waals surface area contributed by atoms with E-state index in [0.717, 1.165) is 25.5 Å². The van der Waals surface area contributed by atoms with Gasteiger partial charge in [0.05, 0.1) is 12.3 Å². The smallest absolute Gasteiger partial charge is 0.0644 e. The van der Waals surface area contributed by atoms with Crippen LogP contribution >= 0.6 is 0 Å². The molecule has 102 valence electrons. The third-order valence-electron chi connectivity index (χ3n) is 3.97. The van der Waals surface area contributed by atoms with Crippen molar-refractivity contribution in [3.63, 3.8) is 0 Å². The highest BCUT2D eigenvalue weighted by atomic mass is 16.5. The topological polar surface area (TPSA) is 39.1 Å². The van der Waals surface area contributed by atoms with E-state index in [2.05, 4.69) is 31.2 Å². The second-order valence-electron chi connectivity index (χ2n) is 5.22. The van der Waals surface area contributed by atoms with Crippen LogP contribution < -0.4 is 5.32 Å². The van der Waals surface area contributed by atoms with Gasteiger partial charge in [0.1, 0.15) is 0 Å². The van der Waals surface area contributed by atoms with Crippen LogP contribution in [-0.4, -0.2) is 29.5 Å². The SMILES string of the molecule is CCNC(c1c(C)nn(C)c1C)C1CCCOC1. The number of aromatic nitrogens is 2. The molecule has 1 saturated heterocycles. The molecule has 0 spiro atoms. The summed E-state index contributed by atoms with van der Waals surface area (Å²) in [4.78, 5) is 0. The summed E-state index contributed by atoms with van der Waals surface area (Å²) in [5.41, 5.74) is 3.78. The highest BCUT2D eigenvalue weighted by Crippen LogP contribution is 2.32. The summed E-state index contributed by atoms with van der Waals surface area (Å²) in [5.74, 6) is 0.570. The van der Waals surface area contributed by atoms with E-state index in [1.54, 1.807) is 0 Å². The molecule has 1 aromatic heterocycles. The number of aryl methyl sites for hydroxylation is 2. The summed E-state index contributed by atoms with van der Waals surface area (Å²) in [5, 5.41) is 8.17. The number of hydrogen-bond donors (Lipinski definition) is 1. The lowest BCUT2D eigenvalue weighted by Crippen LogP contribution is -2.34. The zero-order chi connectivity index (χ0) is 13.1. The van der Waals surface area contributed by atoms with E-state index < -0.39 is 0 Å². The van der Waals surface area contributed by atoms with Crippen molar-refractivity contribution < 1.29 is 4.74 Å². The maximum Gasteiger partial charge on any atom is 0.0644 e. The van der Waals surface area contributed by atoms with E-state index >= 15 is 0 Å². The molecule has 4 heteroatoms.